The molecule has 0 aromatic carbocycles. The van der Waals surface area contributed by atoms with Gasteiger partial charge in [0.1, 0.15) is 17.4 Å². The smallest absolute Gasteiger partial charge is 0.162 e. The van der Waals surface area contributed by atoms with Gasteiger partial charge in [0.2, 0.25) is 0 Å². The van der Waals surface area contributed by atoms with Gasteiger partial charge < -0.3 is 20.3 Å². The van der Waals surface area contributed by atoms with Gasteiger partial charge in [0.05, 0.1) is 42.3 Å². The predicted molar refractivity (Wildman–Crippen MR) is 120 cm³/mol. The van der Waals surface area contributed by atoms with Crippen LogP contribution < -0.4 is 20.3 Å². The number of fused-ring (bicyclic) bond motifs is 1. The van der Waals surface area contributed by atoms with Crippen LogP contribution in [0.1, 0.15) is 0 Å². The second kappa shape index (κ2) is 8.49. The molecule has 1 aliphatic heterocycles. The molecule has 0 saturated carbocycles. The summed E-state index contributed by atoms with van der Waals surface area (Å²) in [5, 5.41) is 7.54. The predicted octanol–water partition coefficient (Wildman–Crippen LogP) is 2.64. The minimum absolute atomic E-state index is 0.618. The van der Waals surface area contributed by atoms with Crippen molar-refractivity contribution >= 4 is 28.2 Å². The van der Waals surface area contributed by atoms with E-state index in [4.69, 9.17) is 14.7 Å². The van der Waals surface area contributed by atoms with Gasteiger partial charge in [0, 0.05) is 44.1 Å². The summed E-state index contributed by atoms with van der Waals surface area (Å²) in [6.07, 6.45) is 8.69. The van der Waals surface area contributed by atoms with Crippen LogP contribution in [0.4, 0.5) is 17.3 Å². The number of anilines is 3. The van der Waals surface area contributed by atoms with Gasteiger partial charge in [-0.25, -0.2) is 15.0 Å². The Morgan fingerprint density at radius 3 is 2.74 bits per heavy atom. The number of nitrogens with zero attached hydrogens (tertiary/aromatic N) is 6. The van der Waals surface area contributed by atoms with E-state index in [1.165, 1.54) is 0 Å². The first kappa shape index (κ1) is 19.1. The Bertz CT molecular complexity index is 1190. The minimum atomic E-state index is 0.618. The van der Waals surface area contributed by atoms with Crippen molar-refractivity contribution in [1.29, 1.82) is 0 Å². The van der Waals surface area contributed by atoms with Crippen molar-refractivity contribution < 1.29 is 4.74 Å². The largest absolute Gasteiger partial charge is 0.494 e. The summed E-state index contributed by atoms with van der Waals surface area (Å²) in [5.41, 5.74) is 2.47. The van der Waals surface area contributed by atoms with Crippen LogP contribution in [0.15, 0.2) is 55.2 Å². The lowest BCUT2D eigenvalue weighted by Crippen LogP contribution is -2.44. The second-order valence-corrected chi connectivity index (χ2v) is 7.14. The Kier molecular flexibility index (Phi) is 5.24. The molecule has 5 heterocycles. The van der Waals surface area contributed by atoms with Gasteiger partial charge in [0.25, 0.3) is 0 Å². The Morgan fingerprint density at radius 2 is 1.94 bits per heavy atom. The zero-order valence-electron chi connectivity index (χ0n) is 17.1. The Balaban J connectivity index is 1.59. The summed E-state index contributed by atoms with van der Waals surface area (Å²) < 4.78 is 5.58. The fourth-order valence-corrected chi connectivity index (χ4v) is 3.65. The molecule has 1 fully saturated rings. The molecule has 2 N–H and O–H groups in total. The molecule has 9 nitrogen and oxygen atoms in total. The number of hydrogen-bond donors (Lipinski definition) is 2. The van der Waals surface area contributed by atoms with Crippen LogP contribution in [0.3, 0.4) is 0 Å². The first-order valence-electron chi connectivity index (χ1n) is 10.1. The SMILES string of the molecule is COc1cncc2nc(-c3ccnc(Nc4cccnc4)c3)nc(N3CCNCC3)c12. The summed E-state index contributed by atoms with van der Waals surface area (Å²) in [7, 11) is 1.64. The van der Waals surface area contributed by atoms with Crippen molar-refractivity contribution in [3.8, 4) is 17.1 Å². The van der Waals surface area contributed by atoms with Gasteiger partial charge in [-0.2, -0.15) is 0 Å². The van der Waals surface area contributed by atoms with E-state index in [9.17, 15) is 0 Å². The Hall–Kier alpha value is -3.85. The Labute approximate surface area is 179 Å². The van der Waals surface area contributed by atoms with Crippen molar-refractivity contribution in [3.63, 3.8) is 0 Å². The summed E-state index contributed by atoms with van der Waals surface area (Å²) in [6.45, 7) is 3.54. The average Bonchev–Trinajstić information content (AvgIpc) is 2.84. The van der Waals surface area contributed by atoms with Crippen molar-refractivity contribution in [2.75, 3.05) is 43.5 Å². The number of nitrogens with one attached hydrogen (secondary N) is 2. The molecular formula is C22H22N8O. The molecule has 1 aliphatic rings. The summed E-state index contributed by atoms with van der Waals surface area (Å²) in [6, 6.07) is 7.65. The Morgan fingerprint density at radius 1 is 1.03 bits per heavy atom. The third-order valence-electron chi connectivity index (χ3n) is 5.14. The van der Waals surface area contributed by atoms with Crippen LogP contribution in [0.5, 0.6) is 5.75 Å². The maximum atomic E-state index is 5.58. The summed E-state index contributed by atoms with van der Waals surface area (Å²) in [4.78, 5) is 24.9. The first-order valence-corrected chi connectivity index (χ1v) is 10.1. The lowest BCUT2D eigenvalue weighted by atomic mass is 10.2. The number of hydrogen-bond acceptors (Lipinski definition) is 9. The standard InChI is InChI=1S/C22H22N8O/c1-31-18-14-25-13-17-20(18)22(30-9-7-23-8-10-30)29-21(28-17)15-4-6-26-19(11-15)27-16-3-2-5-24-12-16/h2-6,11-14,23H,7-10H2,1H3,(H,26,27). The molecule has 5 rings (SSSR count). The molecule has 0 radical (unpaired) electrons. The minimum Gasteiger partial charge on any atom is -0.494 e. The fraction of sp³-hybridized carbons (Fsp3) is 0.227. The normalized spacial score (nSPS) is 13.9. The molecule has 0 bridgehead atoms. The van der Waals surface area contributed by atoms with E-state index < -0.39 is 0 Å². The van der Waals surface area contributed by atoms with E-state index >= 15 is 0 Å². The molecule has 0 aliphatic carbocycles. The van der Waals surface area contributed by atoms with Gasteiger partial charge in [-0.1, -0.05) is 0 Å². The van der Waals surface area contributed by atoms with Crippen molar-refractivity contribution in [3.05, 3.63) is 55.2 Å². The van der Waals surface area contributed by atoms with Crippen molar-refractivity contribution in [2.24, 2.45) is 0 Å². The highest BCUT2D eigenvalue weighted by molar-refractivity contribution is 5.95. The van der Waals surface area contributed by atoms with Gasteiger partial charge >= 0.3 is 0 Å². The number of aromatic nitrogens is 5. The van der Waals surface area contributed by atoms with Crippen LogP contribution >= 0.6 is 0 Å². The van der Waals surface area contributed by atoms with Crippen LogP contribution in [0.2, 0.25) is 0 Å². The third-order valence-corrected chi connectivity index (χ3v) is 5.14. The van der Waals surface area contributed by atoms with Crippen molar-refractivity contribution in [1.82, 2.24) is 30.2 Å². The van der Waals surface area contributed by atoms with Gasteiger partial charge in [-0.3, -0.25) is 9.97 Å². The van der Waals surface area contributed by atoms with E-state index in [0.29, 0.717) is 17.4 Å². The number of ether oxygens (including phenoxy) is 1. The lowest BCUT2D eigenvalue weighted by Gasteiger charge is -2.29. The highest BCUT2D eigenvalue weighted by atomic mass is 16.5. The van der Waals surface area contributed by atoms with E-state index in [1.807, 2.05) is 24.3 Å². The highest BCUT2D eigenvalue weighted by Gasteiger charge is 2.20. The monoisotopic (exact) mass is 414 g/mol. The highest BCUT2D eigenvalue weighted by Crippen LogP contribution is 2.34. The topological polar surface area (TPSA) is 101 Å². The first-order chi connectivity index (χ1) is 15.3. The zero-order chi connectivity index (χ0) is 21.0. The average molecular weight is 414 g/mol. The van der Waals surface area contributed by atoms with Gasteiger partial charge in [0.15, 0.2) is 5.82 Å². The fourth-order valence-electron chi connectivity index (χ4n) is 3.65. The van der Waals surface area contributed by atoms with Crippen LogP contribution in [0, 0.1) is 0 Å². The molecule has 156 valence electrons. The van der Waals surface area contributed by atoms with Crippen LogP contribution in [0.25, 0.3) is 22.3 Å². The second-order valence-electron chi connectivity index (χ2n) is 7.14. The molecule has 0 unspecified atom stereocenters. The number of rotatable bonds is 5. The van der Waals surface area contributed by atoms with Crippen LogP contribution in [-0.4, -0.2) is 58.2 Å². The maximum absolute atomic E-state index is 5.58. The van der Waals surface area contributed by atoms with Crippen molar-refractivity contribution in [2.45, 2.75) is 0 Å². The molecule has 1 saturated heterocycles. The van der Waals surface area contributed by atoms with E-state index in [1.54, 1.807) is 38.1 Å². The molecule has 4 aromatic heterocycles. The number of pyridine rings is 3. The van der Waals surface area contributed by atoms with E-state index in [0.717, 1.165) is 54.2 Å². The molecule has 31 heavy (non-hydrogen) atoms. The van der Waals surface area contributed by atoms with Crippen LogP contribution in [-0.2, 0) is 0 Å². The van der Waals surface area contributed by atoms with E-state index in [2.05, 4.69) is 30.5 Å². The zero-order valence-corrected chi connectivity index (χ0v) is 17.1. The molecule has 4 aromatic rings. The van der Waals surface area contributed by atoms with Gasteiger partial charge in [-0.05, 0) is 24.3 Å². The van der Waals surface area contributed by atoms with Gasteiger partial charge in [-0.15, -0.1) is 0 Å². The lowest BCUT2D eigenvalue weighted by molar-refractivity contribution is 0.418. The summed E-state index contributed by atoms with van der Waals surface area (Å²) >= 11 is 0. The molecule has 0 amide bonds. The maximum Gasteiger partial charge on any atom is 0.162 e. The number of methoxy groups -OCH3 is 1. The van der Waals surface area contributed by atoms with E-state index in [-0.39, 0.29) is 0 Å². The third kappa shape index (κ3) is 3.95. The molecular weight excluding hydrogens is 392 g/mol. The quantitative estimate of drug-likeness (QED) is 0.510. The molecule has 0 spiro atoms. The number of piperazine rings is 1. The summed E-state index contributed by atoms with van der Waals surface area (Å²) in [5.74, 6) is 2.85. The molecule has 0 atom stereocenters. The molecule has 9 heteroatoms.